The van der Waals surface area contributed by atoms with Crippen molar-refractivity contribution in [3.8, 4) is 0 Å². The number of amides is 1. The molecule has 76 valence electrons. The molecule has 1 aliphatic heterocycles. The van der Waals surface area contributed by atoms with Crippen molar-refractivity contribution in [3.05, 3.63) is 23.7 Å². The van der Waals surface area contributed by atoms with E-state index in [4.69, 9.17) is 9.15 Å². The van der Waals surface area contributed by atoms with Gasteiger partial charge in [-0.25, -0.2) is 0 Å². The Labute approximate surface area is 82.2 Å². The van der Waals surface area contributed by atoms with Gasteiger partial charge >= 0.3 is 0 Å². The van der Waals surface area contributed by atoms with Crippen LogP contribution in [-0.4, -0.2) is 25.2 Å². The summed E-state index contributed by atoms with van der Waals surface area (Å²) < 4.78 is 10.1. The van der Waals surface area contributed by atoms with E-state index in [1.165, 1.54) is 0 Å². The molecule has 0 aliphatic carbocycles. The Hall–Kier alpha value is -1.29. The Morgan fingerprint density at radius 2 is 2.43 bits per heavy atom. The molecule has 0 aromatic carbocycles. The normalized spacial score (nSPS) is 16.4. The van der Waals surface area contributed by atoms with Crippen LogP contribution in [0.15, 0.2) is 16.7 Å². The van der Waals surface area contributed by atoms with Crippen molar-refractivity contribution in [3.63, 3.8) is 0 Å². The van der Waals surface area contributed by atoms with Gasteiger partial charge in [-0.05, 0) is 6.07 Å². The first-order chi connectivity index (χ1) is 6.81. The number of hydrogen-bond acceptors (Lipinski definition) is 3. The van der Waals surface area contributed by atoms with E-state index in [2.05, 4.69) is 5.32 Å². The second-order valence-corrected chi connectivity index (χ2v) is 3.32. The molecule has 0 saturated carbocycles. The summed E-state index contributed by atoms with van der Waals surface area (Å²) in [6.45, 7) is 3.19. The number of furan rings is 1. The number of nitrogens with one attached hydrogen (secondary N) is 1. The van der Waals surface area contributed by atoms with E-state index in [-0.39, 0.29) is 11.9 Å². The smallest absolute Gasteiger partial charge is 0.255 e. The van der Waals surface area contributed by atoms with Gasteiger partial charge in [-0.3, -0.25) is 4.79 Å². The quantitative estimate of drug-likeness (QED) is 0.781. The van der Waals surface area contributed by atoms with Gasteiger partial charge in [-0.15, -0.1) is 0 Å². The Morgan fingerprint density at radius 3 is 3.00 bits per heavy atom. The van der Waals surface area contributed by atoms with E-state index < -0.39 is 0 Å². The molecule has 1 N–H and O–H groups in total. The van der Waals surface area contributed by atoms with Gasteiger partial charge in [0, 0.05) is 6.42 Å². The monoisotopic (exact) mass is 195 g/mol. The molecule has 1 aromatic rings. The number of rotatable bonds is 3. The van der Waals surface area contributed by atoms with E-state index in [0.29, 0.717) is 18.8 Å². The summed E-state index contributed by atoms with van der Waals surface area (Å²) in [7, 11) is 0. The van der Waals surface area contributed by atoms with Crippen LogP contribution in [-0.2, 0) is 11.2 Å². The topological polar surface area (TPSA) is 51.5 Å². The molecule has 2 heterocycles. The molecule has 1 aromatic heterocycles. The maximum atomic E-state index is 11.7. The van der Waals surface area contributed by atoms with E-state index in [1.54, 1.807) is 12.3 Å². The minimum Gasteiger partial charge on any atom is -0.469 e. The predicted octanol–water partition coefficient (Wildman–Crippen LogP) is 0.971. The lowest BCUT2D eigenvalue weighted by Gasteiger charge is -2.26. The van der Waals surface area contributed by atoms with Crippen LogP contribution < -0.4 is 5.32 Å². The zero-order chi connectivity index (χ0) is 9.97. The summed E-state index contributed by atoms with van der Waals surface area (Å²) >= 11 is 0. The van der Waals surface area contributed by atoms with E-state index >= 15 is 0 Å². The molecule has 4 heteroatoms. The number of carbonyl (C=O) groups is 1. The highest BCUT2D eigenvalue weighted by Gasteiger charge is 2.22. The molecule has 1 amide bonds. The first kappa shape index (κ1) is 9.27. The minimum absolute atomic E-state index is 0.0658. The highest BCUT2D eigenvalue weighted by atomic mass is 16.5. The standard InChI is InChI=1S/C10H13NO3/c1-2-9-8(3-4-14-9)10(12)11-7-5-13-6-7/h3-4,7H,2,5-6H2,1H3,(H,11,12). The molecule has 1 aliphatic rings. The summed E-state index contributed by atoms with van der Waals surface area (Å²) in [6.07, 6.45) is 2.28. The van der Waals surface area contributed by atoms with Crippen LogP contribution in [0.2, 0.25) is 0 Å². The average Bonchev–Trinajstić information content (AvgIpc) is 2.58. The fourth-order valence-corrected chi connectivity index (χ4v) is 1.40. The maximum Gasteiger partial charge on any atom is 0.255 e. The fraction of sp³-hybridized carbons (Fsp3) is 0.500. The molecule has 0 atom stereocenters. The summed E-state index contributed by atoms with van der Waals surface area (Å²) in [6, 6.07) is 1.87. The third-order valence-corrected chi connectivity index (χ3v) is 2.28. The van der Waals surface area contributed by atoms with Crippen LogP contribution in [0.4, 0.5) is 0 Å². The second kappa shape index (κ2) is 3.84. The fourth-order valence-electron chi connectivity index (χ4n) is 1.40. The highest BCUT2D eigenvalue weighted by Crippen LogP contribution is 2.12. The van der Waals surface area contributed by atoms with Gasteiger partial charge in [-0.1, -0.05) is 6.92 Å². The van der Waals surface area contributed by atoms with Gasteiger partial charge < -0.3 is 14.5 Å². The minimum atomic E-state index is -0.0658. The van der Waals surface area contributed by atoms with Gasteiger partial charge in [0.05, 0.1) is 31.1 Å². The highest BCUT2D eigenvalue weighted by molar-refractivity contribution is 5.95. The zero-order valence-electron chi connectivity index (χ0n) is 8.08. The van der Waals surface area contributed by atoms with E-state index in [1.807, 2.05) is 6.92 Å². The van der Waals surface area contributed by atoms with Gasteiger partial charge in [0.2, 0.25) is 0 Å². The van der Waals surface area contributed by atoms with E-state index in [9.17, 15) is 4.79 Å². The second-order valence-electron chi connectivity index (χ2n) is 3.32. The zero-order valence-corrected chi connectivity index (χ0v) is 8.08. The van der Waals surface area contributed by atoms with Crippen molar-refractivity contribution < 1.29 is 13.9 Å². The lowest BCUT2D eigenvalue weighted by Crippen LogP contribution is -2.48. The number of aryl methyl sites for hydroxylation is 1. The third kappa shape index (κ3) is 1.65. The molecule has 2 rings (SSSR count). The lowest BCUT2D eigenvalue weighted by atomic mass is 10.2. The van der Waals surface area contributed by atoms with Crippen LogP contribution in [0.3, 0.4) is 0 Å². The largest absolute Gasteiger partial charge is 0.469 e. The molecule has 0 unspecified atom stereocenters. The molecule has 1 saturated heterocycles. The summed E-state index contributed by atoms with van der Waals surface area (Å²) in [4.78, 5) is 11.7. The van der Waals surface area contributed by atoms with Crippen LogP contribution in [0, 0.1) is 0 Å². The lowest BCUT2D eigenvalue weighted by molar-refractivity contribution is -0.00349. The maximum absolute atomic E-state index is 11.7. The van der Waals surface area contributed by atoms with Crippen molar-refractivity contribution in [2.45, 2.75) is 19.4 Å². The Balaban J connectivity index is 2.02. The van der Waals surface area contributed by atoms with Gasteiger partial charge in [0.1, 0.15) is 5.76 Å². The van der Waals surface area contributed by atoms with Crippen molar-refractivity contribution in [2.24, 2.45) is 0 Å². The molecule has 14 heavy (non-hydrogen) atoms. The Kier molecular flexibility index (Phi) is 2.54. The van der Waals surface area contributed by atoms with Crippen molar-refractivity contribution >= 4 is 5.91 Å². The molecule has 1 fully saturated rings. The number of hydrogen-bond donors (Lipinski definition) is 1. The molecular formula is C10H13NO3. The average molecular weight is 195 g/mol. The van der Waals surface area contributed by atoms with Gasteiger partial charge in [0.25, 0.3) is 5.91 Å². The summed E-state index contributed by atoms with van der Waals surface area (Å²) in [5.74, 6) is 0.673. The van der Waals surface area contributed by atoms with Crippen molar-refractivity contribution in [1.82, 2.24) is 5.32 Å². The van der Waals surface area contributed by atoms with Crippen LogP contribution in [0.25, 0.3) is 0 Å². The summed E-state index contributed by atoms with van der Waals surface area (Å²) in [5, 5.41) is 2.87. The predicted molar refractivity (Wildman–Crippen MR) is 50.2 cm³/mol. The Bertz CT molecular complexity index is 328. The molecule has 0 radical (unpaired) electrons. The Morgan fingerprint density at radius 1 is 1.64 bits per heavy atom. The van der Waals surface area contributed by atoms with Gasteiger partial charge in [-0.2, -0.15) is 0 Å². The molecular weight excluding hydrogens is 182 g/mol. The first-order valence-corrected chi connectivity index (χ1v) is 4.76. The third-order valence-electron chi connectivity index (χ3n) is 2.28. The molecule has 4 nitrogen and oxygen atoms in total. The van der Waals surface area contributed by atoms with Crippen LogP contribution in [0.5, 0.6) is 0 Å². The van der Waals surface area contributed by atoms with Gasteiger partial charge in [0.15, 0.2) is 0 Å². The SMILES string of the molecule is CCc1occc1C(=O)NC1COC1. The molecule has 0 bridgehead atoms. The van der Waals surface area contributed by atoms with Crippen molar-refractivity contribution in [2.75, 3.05) is 13.2 Å². The van der Waals surface area contributed by atoms with Crippen LogP contribution >= 0.6 is 0 Å². The summed E-state index contributed by atoms with van der Waals surface area (Å²) in [5.41, 5.74) is 0.638. The van der Waals surface area contributed by atoms with Crippen LogP contribution in [0.1, 0.15) is 23.0 Å². The van der Waals surface area contributed by atoms with Crippen molar-refractivity contribution in [1.29, 1.82) is 0 Å². The number of ether oxygens (including phenoxy) is 1. The number of carbonyl (C=O) groups excluding carboxylic acids is 1. The molecule has 0 spiro atoms. The van der Waals surface area contributed by atoms with E-state index in [0.717, 1.165) is 12.2 Å². The first-order valence-electron chi connectivity index (χ1n) is 4.76.